The van der Waals surface area contributed by atoms with E-state index in [-0.39, 0.29) is 35.5 Å². The fourth-order valence-corrected chi connectivity index (χ4v) is 3.78. The van der Waals surface area contributed by atoms with Crippen LogP contribution in [0.4, 0.5) is 11.4 Å². The monoisotopic (exact) mass is 441 g/mol. The molecule has 1 amide bonds. The molecule has 0 bridgehead atoms. The van der Waals surface area contributed by atoms with Crippen molar-refractivity contribution in [2.45, 2.75) is 19.3 Å². The SMILES string of the molecule is COc1ccc(C(=O)C2CCN(CCC(=O)Nc3ccc([N+](=O)[O-])cc3OC)CC2)cc1. The molecule has 0 aliphatic carbocycles. The van der Waals surface area contributed by atoms with Gasteiger partial charge in [-0.2, -0.15) is 0 Å². The van der Waals surface area contributed by atoms with Gasteiger partial charge in [0.1, 0.15) is 11.5 Å². The van der Waals surface area contributed by atoms with Crippen LogP contribution in [-0.2, 0) is 4.79 Å². The number of nitro groups is 1. The molecule has 9 nitrogen and oxygen atoms in total. The van der Waals surface area contributed by atoms with Crippen LogP contribution in [0, 0.1) is 16.0 Å². The number of benzene rings is 2. The highest BCUT2D eigenvalue weighted by atomic mass is 16.6. The zero-order valence-electron chi connectivity index (χ0n) is 18.2. The number of carbonyl (C=O) groups excluding carboxylic acids is 2. The summed E-state index contributed by atoms with van der Waals surface area (Å²) in [6.45, 7) is 2.08. The summed E-state index contributed by atoms with van der Waals surface area (Å²) in [5.74, 6) is 0.896. The van der Waals surface area contributed by atoms with E-state index in [2.05, 4.69) is 10.2 Å². The molecule has 1 N–H and O–H groups in total. The molecule has 1 heterocycles. The van der Waals surface area contributed by atoms with Gasteiger partial charge in [0.2, 0.25) is 5.91 Å². The van der Waals surface area contributed by atoms with Gasteiger partial charge < -0.3 is 19.7 Å². The van der Waals surface area contributed by atoms with Gasteiger partial charge in [-0.3, -0.25) is 19.7 Å². The molecule has 0 radical (unpaired) electrons. The van der Waals surface area contributed by atoms with Crippen LogP contribution >= 0.6 is 0 Å². The Morgan fingerprint density at radius 1 is 1.09 bits per heavy atom. The highest BCUT2D eigenvalue weighted by Crippen LogP contribution is 2.29. The van der Waals surface area contributed by atoms with Gasteiger partial charge >= 0.3 is 0 Å². The second kappa shape index (κ2) is 10.7. The molecule has 0 unspecified atom stereocenters. The van der Waals surface area contributed by atoms with Crippen molar-refractivity contribution in [1.29, 1.82) is 0 Å². The maximum atomic E-state index is 12.7. The first-order valence-corrected chi connectivity index (χ1v) is 10.4. The van der Waals surface area contributed by atoms with Gasteiger partial charge in [-0.1, -0.05) is 0 Å². The molecule has 1 fully saturated rings. The Hall–Kier alpha value is -3.46. The average molecular weight is 441 g/mol. The maximum absolute atomic E-state index is 12.7. The number of ketones is 1. The summed E-state index contributed by atoms with van der Waals surface area (Å²) < 4.78 is 10.3. The number of nitrogens with one attached hydrogen (secondary N) is 1. The van der Waals surface area contributed by atoms with E-state index >= 15 is 0 Å². The number of hydrogen-bond acceptors (Lipinski definition) is 7. The Bertz CT molecular complexity index is 968. The number of ether oxygens (including phenoxy) is 2. The number of rotatable bonds is 9. The molecule has 2 aromatic carbocycles. The van der Waals surface area contributed by atoms with Crippen molar-refractivity contribution in [3.05, 3.63) is 58.1 Å². The molecule has 0 spiro atoms. The first kappa shape index (κ1) is 23.2. The molecular weight excluding hydrogens is 414 g/mol. The van der Waals surface area contributed by atoms with E-state index in [1.165, 1.54) is 25.3 Å². The van der Waals surface area contributed by atoms with Crippen molar-refractivity contribution in [2.24, 2.45) is 5.92 Å². The molecule has 0 saturated carbocycles. The van der Waals surface area contributed by atoms with Crippen molar-refractivity contribution in [3.8, 4) is 11.5 Å². The van der Waals surface area contributed by atoms with Crippen molar-refractivity contribution in [1.82, 2.24) is 4.90 Å². The number of likely N-dealkylation sites (tertiary alicyclic amines) is 1. The second-order valence-electron chi connectivity index (χ2n) is 7.65. The third kappa shape index (κ3) is 5.82. The van der Waals surface area contributed by atoms with E-state index in [0.29, 0.717) is 17.8 Å². The number of anilines is 1. The van der Waals surface area contributed by atoms with Crippen LogP contribution in [-0.4, -0.2) is 55.4 Å². The van der Waals surface area contributed by atoms with Gasteiger partial charge in [0, 0.05) is 30.5 Å². The average Bonchev–Trinajstić information content (AvgIpc) is 2.82. The third-order valence-electron chi connectivity index (χ3n) is 5.66. The number of methoxy groups -OCH3 is 2. The largest absolute Gasteiger partial charge is 0.497 e. The number of amides is 1. The zero-order chi connectivity index (χ0) is 23.1. The molecule has 0 atom stereocenters. The fraction of sp³-hybridized carbons (Fsp3) is 0.391. The number of carbonyl (C=O) groups is 2. The van der Waals surface area contributed by atoms with Gasteiger partial charge in [-0.15, -0.1) is 0 Å². The van der Waals surface area contributed by atoms with E-state index in [4.69, 9.17) is 9.47 Å². The predicted molar refractivity (Wildman–Crippen MR) is 119 cm³/mol. The predicted octanol–water partition coefficient (Wildman–Crippen LogP) is 3.54. The fourth-order valence-electron chi connectivity index (χ4n) is 3.78. The Morgan fingerprint density at radius 3 is 2.38 bits per heavy atom. The minimum atomic E-state index is -0.517. The zero-order valence-corrected chi connectivity index (χ0v) is 18.2. The van der Waals surface area contributed by atoms with Crippen molar-refractivity contribution in [2.75, 3.05) is 39.2 Å². The second-order valence-corrected chi connectivity index (χ2v) is 7.65. The lowest BCUT2D eigenvalue weighted by molar-refractivity contribution is -0.384. The molecule has 32 heavy (non-hydrogen) atoms. The van der Waals surface area contributed by atoms with Gasteiger partial charge in [0.25, 0.3) is 5.69 Å². The van der Waals surface area contributed by atoms with Crippen LogP contribution in [0.1, 0.15) is 29.6 Å². The summed E-state index contributed by atoms with van der Waals surface area (Å²) in [7, 11) is 2.99. The van der Waals surface area contributed by atoms with Crippen LogP contribution in [0.2, 0.25) is 0 Å². The summed E-state index contributed by atoms with van der Waals surface area (Å²) in [6.07, 6.45) is 1.78. The van der Waals surface area contributed by atoms with E-state index < -0.39 is 4.92 Å². The van der Waals surface area contributed by atoms with Crippen LogP contribution in [0.25, 0.3) is 0 Å². The highest BCUT2D eigenvalue weighted by Gasteiger charge is 2.26. The number of Topliss-reactive ketones (excluding diaryl/α,β-unsaturated/α-hetero) is 1. The van der Waals surface area contributed by atoms with Gasteiger partial charge in [0.15, 0.2) is 5.78 Å². The summed E-state index contributed by atoms with van der Waals surface area (Å²) in [6, 6.07) is 11.2. The molecule has 170 valence electrons. The smallest absolute Gasteiger partial charge is 0.273 e. The lowest BCUT2D eigenvalue weighted by Gasteiger charge is -2.31. The number of non-ortho nitro benzene ring substituents is 1. The molecule has 1 aliphatic heterocycles. The van der Waals surface area contributed by atoms with Crippen molar-refractivity contribution in [3.63, 3.8) is 0 Å². The normalized spacial score (nSPS) is 14.6. The summed E-state index contributed by atoms with van der Waals surface area (Å²) in [4.78, 5) is 37.6. The molecule has 1 saturated heterocycles. The van der Waals surface area contributed by atoms with Gasteiger partial charge in [-0.25, -0.2) is 0 Å². The Balaban J connectivity index is 1.46. The Kier molecular flexibility index (Phi) is 7.77. The lowest BCUT2D eigenvalue weighted by Crippen LogP contribution is -2.38. The van der Waals surface area contributed by atoms with Gasteiger partial charge in [-0.05, 0) is 56.3 Å². The molecule has 2 aromatic rings. The number of hydrogen-bond donors (Lipinski definition) is 1. The number of piperidine rings is 1. The van der Waals surface area contributed by atoms with E-state index in [1.54, 1.807) is 31.4 Å². The Morgan fingerprint density at radius 2 is 1.78 bits per heavy atom. The van der Waals surface area contributed by atoms with Crippen molar-refractivity contribution < 1.29 is 24.0 Å². The maximum Gasteiger partial charge on any atom is 0.273 e. The summed E-state index contributed by atoms with van der Waals surface area (Å²) in [5.41, 5.74) is 0.986. The summed E-state index contributed by atoms with van der Waals surface area (Å²) in [5, 5.41) is 13.6. The van der Waals surface area contributed by atoms with Gasteiger partial charge in [0.05, 0.1) is 30.9 Å². The third-order valence-corrected chi connectivity index (χ3v) is 5.66. The topological polar surface area (TPSA) is 111 Å². The molecular formula is C23H27N3O6. The van der Waals surface area contributed by atoms with E-state index in [0.717, 1.165) is 31.7 Å². The van der Waals surface area contributed by atoms with Crippen LogP contribution in [0.15, 0.2) is 42.5 Å². The molecule has 3 rings (SSSR count). The minimum absolute atomic E-state index is 0.0159. The van der Waals surface area contributed by atoms with Crippen LogP contribution in [0.5, 0.6) is 11.5 Å². The summed E-state index contributed by atoms with van der Waals surface area (Å²) >= 11 is 0. The number of nitro benzene ring substituents is 1. The van der Waals surface area contributed by atoms with E-state index in [9.17, 15) is 19.7 Å². The number of nitrogens with zero attached hydrogens (tertiary/aromatic N) is 2. The lowest BCUT2D eigenvalue weighted by atomic mass is 9.89. The standard InChI is InChI=1S/C23H27N3O6/c1-31-19-6-3-16(4-7-19)23(28)17-9-12-25(13-10-17)14-11-22(27)24-20-8-5-18(26(29)30)15-21(20)32-2/h3-8,15,17H,9-14H2,1-2H3,(H,24,27). The molecule has 1 aliphatic rings. The first-order valence-electron chi connectivity index (χ1n) is 10.4. The molecule has 0 aromatic heterocycles. The van der Waals surface area contributed by atoms with Crippen molar-refractivity contribution >= 4 is 23.1 Å². The van der Waals surface area contributed by atoms with Crippen LogP contribution in [0.3, 0.4) is 0 Å². The highest BCUT2D eigenvalue weighted by molar-refractivity contribution is 5.98. The van der Waals surface area contributed by atoms with E-state index in [1.807, 2.05) is 0 Å². The first-order chi connectivity index (χ1) is 15.4. The quantitative estimate of drug-likeness (QED) is 0.360. The molecule has 9 heteroatoms. The minimum Gasteiger partial charge on any atom is -0.497 e. The van der Waals surface area contributed by atoms with Crippen LogP contribution < -0.4 is 14.8 Å². The Labute approximate surface area is 186 Å².